The minimum absolute atomic E-state index is 0.0405. The third-order valence-corrected chi connectivity index (χ3v) is 2.06. The molecule has 0 fully saturated rings. The topological polar surface area (TPSA) is 65.3 Å². The number of methoxy groups -OCH3 is 1. The number of hydrogen-bond donors (Lipinski definition) is 0. The summed E-state index contributed by atoms with van der Waals surface area (Å²) in [5, 5.41) is 11.4. The Hall–Kier alpha value is -2.17. The highest BCUT2D eigenvalue weighted by atomic mass is 16.6. The van der Waals surface area contributed by atoms with Crippen molar-refractivity contribution in [3.05, 3.63) is 40.4 Å². The number of hydrogen-bond acceptors (Lipinski definition) is 4. The van der Waals surface area contributed by atoms with Crippen molar-refractivity contribution in [1.82, 2.24) is 4.98 Å². The van der Waals surface area contributed by atoms with E-state index in [1.807, 2.05) is 6.07 Å². The Kier molecular flexibility index (Phi) is 2.21. The van der Waals surface area contributed by atoms with Crippen LogP contribution in [0.5, 0.6) is 5.88 Å². The maximum Gasteiger partial charge on any atom is 0.331 e. The Balaban J connectivity index is 2.74. The number of ether oxygens (including phenoxy) is 1. The van der Waals surface area contributed by atoms with E-state index in [-0.39, 0.29) is 11.6 Å². The molecule has 0 unspecified atom stereocenters. The van der Waals surface area contributed by atoms with Crippen LogP contribution in [0.1, 0.15) is 0 Å². The average Bonchev–Trinajstić information content (AvgIpc) is 2.27. The second kappa shape index (κ2) is 3.53. The van der Waals surface area contributed by atoms with E-state index in [0.717, 1.165) is 5.39 Å². The fourth-order valence-electron chi connectivity index (χ4n) is 1.37. The largest absolute Gasteiger partial charge is 0.476 e. The zero-order chi connectivity index (χ0) is 10.8. The third-order valence-electron chi connectivity index (χ3n) is 2.06. The smallest absolute Gasteiger partial charge is 0.331 e. The van der Waals surface area contributed by atoms with Crippen molar-refractivity contribution in [2.24, 2.45) is 0 Å². The first-order chi connectivity index (χ1) is 7.22. The van der Waals surface area contributed by atoms with Crippen molar-refractivity contribution >= 4 is 16.6 Å². The highest BCUT2D eigenvalue weighted by Crippen LogP contribution is 2.28. The van der Waals surface area contributed by atoms with Crippen molar-refractivity contribution in [3.63, 3.8) is 0 Å². The summed E-state index contributed by atoms with van der Waals surface area (Å²) in [7, 11) is 1.37. The number of nitrogens with zero attached hydrogens (tertiary/aromatic N) is 2. The fraction of sp³-hybridized carbons (Fsp3) is 0.100. The number of benzene rings is 1. The summed E-state index contributed by atoms with van der Waals surface area (Å²) in [6, 6.07) is 8.64. The van der Waals surface area contributed by atoms with E-state index in [0.29, 0.717) is 5.52 Å². The van der Waals surface area contributed by atoms with Gasteiger partial charge in [0, 0.05) is 11.5 Å². The first-order valence-electron chi connectivity index (χ1n) is 4.30. The van der Waals surface area contributed by atoms with Crippen LogP contribution >= 0.6 is 0 Å². The van der Waals surface area contributed by atoms with Crippen LogP contribution in [-0.4, -0.2) is 17.0 Å². The summed E-state index contributed by atoms with van der Waals surface area (Å²) in [6.45, 7) is 0. The molecule has 5 heteroatoms. The summed E-state index contributed by atoms with van der Waals surface area (Å²) in [5.74, 6) is 0.0405. The zero-order valence-corrected chi connectivity index (χ0v) is 8.01. The molecule has 0 saturated carbocycles. The van der Waals surface area contributed by atoms with Gasteiger partial charge in [-0.25, -0.2) is 4.98 Å². The van der Waals surface area contributed by atoms with Crippen LogP contribution in [0, 0.1) is 10.1 Å². The second-order valence-corrected chi connectivity index (χ2v) is 2.97. The van der Waals surface area contributed by atoms with Crippen molar-refractivity contribution in [1.29, 1.82) is 0 Å². The van der Waals surface area contributed by atoms with E-state index in [1.165, 1.54) is 13.2 Å². The van der Waals surface area contributed by atoms with Gasteiger partial charge in [-0.2, -0.15) is 0 Å². The van der Waals surface area contributed by atoms with Crippen molar-refractivity contribution in [3.8, 4) is 5.88 Å². The molecule has 76 valence electrons. The van der Waals surface area contributed by atoms with Crippen LogP contribution < -0.4 is 4.74 Å². The number of nitro groups is 1. The molecule has 0 saturated heterocycles. The van der Waals surface area contributed by atoms with Gasteiger partial charge in [-0.3, -0.25) is 10.1 Å². The summed E-state index contributed by atoms with van der Waals surface area (Å²) in [5.41, 5.74) is 0.566. The SMILES string of the molecule is COc1nc2ccccc2cc1[N+](=O)[O-]. The molecular weight excluding hydrogens is 196 g/mol. The molecule has 2 rings (SSSR count). The Morgan fingerprint density at radius 3 is 2.80 bits per heavy atom. The molecule has 0 aliphatic rings. The minimum atomic E-state index is -0.502. The molecular formula is C10H8N2O3. The van der Waals surface area contributed by atoms with Crippen LogP contribution in [-0.2, 0) is 0 Å². The molecule has 0 bridgehead atoms. The average molecular weight is 204 g/mol. The van der Waals surface area contributed by atoms with Crippen molar-refractivity contribution in [2.75, 3.05) is 7.11 Å². The lowest BCUT2D eigenvalue weighted by Gasteiger charge is -2.02. The van der Waals surface area contributed by atoms with E-state index < -0.39 is 4.92 Å². The maximum atomic E-state index is 10.7. The maximum absolute atomic E-state index is 10.7. The molecule has 0 radical (unpaired) electrons. The van der Waals surface area contributed by atoms with Gasteiger partial charge in [0.2, 0.25) is 0 Å². The predicted molar refractivity (Wildman–Crippen MR) is 54.9 cm³/mol. The van der Waals surface area contributed by atoms with Gasteiger partial charge in [-0.15, -0.1) is 0 Å². The van der Waals surface area contributed by atoms with Crippen LogP contribution in [0.25, 0.3) is 10.9 Å². The van der Waals surface area contributed by atoms with Gasteiger partial charge in [0.25, 0.3) is 5.88 Å². The Morgan fingerprint density at radius 2 is 2.13 bits per heavy atom. The normalized spacial score (nSPS) is 10.2. The molecule has 0 aliphatic heterocycles. The van der Waals surface area contributed by atoms with Gasteiger partial charge in [0.05, 0.1) is 17.5 Å². The van der Waals surface area contributed by atoms with E-state index in [4.69, 9.17) is 4.74 Å². The number of pyridine rings is 1. The molecule has 15 heavy (non-hydrogen) atoms. The fourth-order valence-corrected chi connectivity index (χ4v) is 1.37. The molecule has 5 nitrogen and oxygen atoms in total. The predicted octanol–water partition coefficient (Wildman–Crippen LogP) is 2.15. The summed E-state index contributed by atoms with van der Waals surface area (Å²) in [6.07, 6.45) is 0. The van der Waals surface area contributed by atoms with E-state index in [1.54, 1.807) is 18.2 Å². The van der Waals surface area contributed by atoms with E-state index in [2.05, 4.69) is 4.98 Å². The van der Waals surface area contributed by atoms with Gasteiger partial charge in [-0.1, -0.05) is 18.2 Å². The summed E-state index contributed by atoms with van der Waals surface area (Å²) in [4.78, 5) is 14.3. The molecule has 0 N–H and O–H groups in total. The van der Waals surface area contributed by atoms with Gasteiger partial charge >= 0.3 is 5.69 Å². The Morgan fingerprint density at radius 1 is 1.40 bits per heavy atom. The van der Waals surface area contributed by atoms with Crippen LogP contribution in [0.3, 0.4) is 0 Å². The van der Waals surface area contributed by atoms with Gasteiger partial charge in [-0.05, 0) is 6.07 Å². The van der Waals surface area contributed by atoms with Crippen LogP contribution in [0.15, 0.2) is 30.3 Å². The highest BCUT2D eigenvalue weighted by Gasteiger charge is 2.16. The standard InChI is InChI=1S/C10H8N2O3/c1-15-10-9(12(13)14)6-7-4-2-3-5-8(7)11-10/h2-6H,1H3. The lowest BCUT2D eigenvalue weighted by Crippen LogP contribution is -1.96. The Bertz CT molecular complexity index is 525. The number of aromatic nitrogens is 1. The number of para-hydroxylation sites is 1. The van der Waals surface area contributed by atoms with Gasteiger partial charge in [0.15, 0.2) is 0 Å². The molecule has 0 atom stereocenters. The van der Waals surface area contributed by atoms with Crippen LogP contribution in [0.4, 0.5) is 5.69 Å². The second-order valence-electron chi connectivity index (χ2n) is 2.97. The molecule has 0 spiro atoms. The highest BCUT2D eigenvalue weighted by molar-refractivity contribution is 5.82. The number of fused-ring (bicyclic) bond motifs is 1. The molecule has 1 aromatic heterocycles. The lowest BCUT2D eigenvalue weighted by molar-refractivity contribution is -0.386. The minimum Gasteiger partial charge on any atom is -0.476 e. The molecule has 1 aromatic carbocycles. The number of rotatable bonds is 2. The van der Waals surface area contributed by atoms with Crippen molar-refractivity contribution in [2.45, 2.75) is 0 Å². The zero-order valence-electron chi connectivity index (χ0n) is 8.01. The molecule has 0 aliphatic carbocycles. The quantitative estimate of drug-likeness (QED) is 0.555. The van der Waals surface area contributed by atoms with Crippen LogP contribution in [0.2, 0.25) is 0 Å². The summed E-state index contributed by atoms with van der Waals surface area (Å²) >= 11 is 0. The van der Waals surface area contributed by atoms with Crippen molar-refractivity contribution < 1.29 is 9.66 Å². The third kappa shape index (κ3) is 1.59. The van der Waals surface area contributed by atoms with E-state index in [9.17, 15) is 10.1 Å². The summed E-state index contributed by atoms with van der Waals surface area (Å²) < 4.78 is 4.86. The van der Waals surface area contributed by atoms with Gasteiger partial charge in [0.1, 0.15) is 0 Å². The molecule has 1 heterocycles. The van der Waals surface area contributed by atoms with E-state index >= 15 is 0 Å². The lowest BCUT2D eigenvalue weighted by atomic mass is 10.2. The first-order valence-corrected chi connectivity index (χ1v) is 4.30. The molecule has 0 amide bonds. The van der Waals surface area contributed by atoms with Gasteiger partial charge < -0.3 is 4.74 Å². The molecule has 2 aromatic rings. The monoisotopic (exact) mass is 204 g/mol. The Labute approximate surface area is 85.5 Å². The first kappa shape index (κ1) is 9.39.